The maximum atomic E-state index is 12.6. The summed E-state index contributed by atoms with van der Waals surface area (Å²) in [5, 5.41) is 2.94. The number of rotatable bonds is 9. The lowest BCUT2D eigenvalue weighted by Gasteiger charge is -2.10. The number of nitrogens with one attached hydrogen (secondary N) is 1. The van der Waals surface area contributed by atoms with Crippen molar-refractivity contribution in [2.24, 2.45) is 0 Å². The van der Waals surface area contributed by atoms with E-state index in [1.54, 1.807) is 55.5 Å². The Labute approximate surface area is 200 Å². The summed E-state index contributed by atoms with van der Waals surface area (Å²) in [5.41, 5.74) is 3.30. The van der Waals surface area contributed by atoms with Crippen LogP contribution in [0.5, 0.6) is 17.2 Å². The molecule has 3 aromatic carbocycles. The first-order chi connectivity index (χ1) is 16.1. The molecule has 0 saturated carbocycles. The van der Waals surface area contributed by atoms with Gasteiger partial charge in [0.1, 0.15) is 5.75 Å². The van der Waals surface area contributed by atoms with E-state index < -0.39 is 0 Å². The zero-order valence-electron chi connectivity index (χ0n) is 18.6. The first-order valence-corrected chi connectivity index (χ1v) is 12.1. The van der Waals surface area contributed by atoms with E-state index in [-0.39, 0.29) is 5.91 Å². The summed E-state index contributed by atoms with van der Waals surface area (Å²) < 4.78 is 18.4. The monoisotopic (exact) mass is 480 g/mol. The smallest absolute Gasteiger partial charge is 0.255 e. The highest BCUT2D eigenvalue weighted by molar-refractivity contribution is 8.01. The molecular weight excluding hydrogens is 456 g/mol. The number of ether oxygens (including phenoxy) is 3. The Hall–Kier alpha value is -3.23. The molecule has 0 aliphatic rings. The molecule has 1 aromatic heterocycles. The molecule has 0 fully saturated rings. The Balaban J connectivity index is 1.35. The number of benzene rings is 3. The zero-order chi connectivity index (χ0) is 23.2. The van der Waals surface area contributed by atoms with Gasteiger partial charge in [-0.1, -0.05) is 23.9 Å². The van der Waals surface area contributed by atoms with Crippen LogP contribution in [0.3, 0.4) is 0 Å². The maximum Gasteiger partial charge on any atom is 0.255 e. The van der Waals surface area contributed by atoms with Crippen molar-refractivity contribution in [1.29, 1.82) is 0 Å². The minimum absolute atomic E-state index is 0.184. The highest BCUT2D eigenvalue weighted by atomic mass is 32.2. The number of fused-ring (bicyclic) bond motifs is 1. The fraction of sp³-hybridized carbons (Fsp3) is 0.200. The number of nitrogens with zero attached hydrogens (tertiary/aromatic N) is 1. The molecule has 1 heterocycles. The van der Waals surface area contributed by atoms with Crippen molar-refractivity contribution in [3.05, 3.63) is 71.8 Å². The number of amides is 1. The molecular formula is C25H24N2O4S2. The summed E-state index contributed by atoms with van der Waals surface area (Å²) in [7, 11) is 3.22. The van der Waals surface area contributed by atoms with Gasteiger partial charge in [-0.25, -0.2) is 4.98 Å². The number of hydrogen-bond acceptors (Lipinski definition) is 7. The third-order valence-corrected chi connectivity index (χ3v) is 6.97. The molecule has 0 unspecified atom stereocenters. The fourth-order valence-electron chi connectivity index (χ4n) is 3.19. The lowest BCUT2D eigenvalue weighted by atomic mass is 10.2. The number of thiazole rings is 1. The van der Waals surface area contributed by atoms with Crippen LogP contribution in [-0.4, -0.2) is 37.5 Å². The summed E-state index contributed by atoms with van der Waals surface area (Å²) in [4.78, 5) is 17.2. The fourth-order valence-corrected chi connectivity index (χ4v) is 5.18. The van der Waals surface area contributed by atoms with Gasteiger partial charge >= 0.3 is 0 Å². The molecule has 8 heteroatoms. The van der Waals surface area contributed by atoms with Gasteiger partial charge in [-0.15, -0.1) is 11.3 Å². The second-order valence-electron chi connectivity index (χ2n) is 7.20. The molecule has 4 aromatic rings. The second kappa shape index (κ2) is 10.6. The van der Waals surface area contributed by atoms with Gasteiger partial charge < -0.3 is 19.5 Å². The molecule has 1 N–H and O–H groups in total. The van der Waals surface area contributed by atoms with Gasteiger partial charge in [0.15, 0.2) is 15.8 Å². The molecule has 0 aliphatic carbocycles. The summed E-state index contributed by atoms with van der Waals surface area (Å²) in [5.74, 6) is 2.70. The number of thioether (sulfide) groups is 1. The SMILES string of the molecule is COc1cccc(C(=O)Nc2ccc3nc(SCCOc4ccc(C)cc4OC)sc3c2)c1. The number of methoxy groups -OCH3 is 2. The van der Waals surface area contributed by atoms with E-state index in [4.69, 9.17) is 14.2 Å². The first kappa shape index (κ1) is 22.9. The molecule has 4 rings (SSSR count). The number of anilines is 1. The summed E-state index contributed by atoms with van der Waals surface area (Å²) >= 11 is 3.24. The highest BCUT2D eigenvalue weighted by Gasteiger charge is 2.10. The quantitative estimate of drug-likeness (QED) is 0.232. The van der Waals surface area contributed by atoms with Crippen LogP contribution >= 0.6 is 23.1 Å². The Morgan fingerprint density at radius 1 is 1.03 bits per heavy atom. The predicted octanol–water partition coefficient (Wildman–Crippen LogP) is 6.05. The molecule has 0 aliphatic heterocycles. The Bertz CT molecular complexity index is 1270. The van der Waals surface area contributed by atoms with Gasteiger partial charge in [-0.3, -0.25) is 4.79 Å². The lowest BCUT2D eigenvalue weighted by Crippen LogP contribution is -2.11. The van der Waals surface area contributed by atoms with Gasteiger partial charge in [-0.05, 0) is 61.0 Å². The maximum absolute atomic E-state index is 12.6. The van der Waals surface area contributed by atoms with Crippen LogP contribution in [0, 0.1) is 6.92 Å². The molecule has 0 atom stereocenters. The summed E-state index contributed by atoms with van der Waals surface area (Å²) in [6, 6.07) is 18.7. The molecule has 170 valence electrons. The third-order valence-electron chi connectivity index (χ3n) is 4.84. The van der Waals surface area contributed by atoms with Crippen molar-refractivity contribution < 1.29 is 19.0 Å². The third kappa shape index (κ3) is 5.77. The average molecular weight is 481 g/mol. The van der Waals surface area contributed by atoms with Gasteiger partial charge in [0, 0.05) is 17.0 Å². The first-order valence-electron chi connectivity index (χ1n) is 10.3. The van der Waals surface area contributed by atoms with Crippen LogP contribution in [0.2, 0.25) is 0 Å². The van der Waals surface area contributed by atoms with Gasteiger partial charge in [0.2, 0.25) is 0 Å². The molecule has 0 bridgehead atoms. The Morgan fingerprint density at radius 3 is 2.73 bits per heavy atom. The van der Waals surface area contributed by atoms with E-state index >= 15 is 0 Å². The van der Waals surface area contributed by atoms with E-state index in [1.807, 2.05) is 49.4 Å². The molecule has 33 heavy (non-hydrogen) atoms. The number of carbonyl (C=O) groups excluding carboxylic acids is 1. The topological polar surface area (TPSA) is 69.7 Å². The van der Waals surface area contributed by atoms with Crippen molar-refractivity contribution in [2.45, 2.75) is 11.3 Å². The van der Waals surface area contributed by atoms with Crippen molar-refractivity contribution in [3.8, 4) is 17.2 Å². The highest BCUT2D eigenvalue weighted by Crippen LogP contribution is 2.32. The Morgan fingerprint density at radius 2 is 1.91 bits per heavy atom. The number of hydrogen-bond donors (Lipinski definition) is 1. The Kier molecular flexibility index (Phi) is 7.36. The van der Waals surface area contributed by atoms with Crippen molar-refractivity contribution >= 4 is 44.9 Å². The largest absolute Gasteiger partial charge is 0.497 e. The normalized spacial score (nSPS) is 10.8. The van der Waals surface area contributed by atoms with Crippen LogP contribution in [0.15, 0.2) is 65.0 Å². The van der Waals surface area contributed by atoms with Crippen molar-refractivity contribution in [3.63, 3.8) is 0 Å². The van der Waals surface area contributed by atoms with Crippen LogP contribution < -0.4 is 19.5 Å². The molecule has 0 radical (unpaired) electrons. The van der Waals surface area contributed by atoms with Crippen LogP contribution in [0.1, 0.15) is 15.9 Å². The summed E-state index contributed by atoms with van der Waals surface area (Å²) in [6.07, 6.45) is 0. The van der Waals surface area contributed by atoms with E-state index in [2.05, 4.69) is 10.3 Å². The van der Waals surface area contributed by atoms with E-state index in [0.717, 1.165) is 43.1 Å². The number of aromatic nitrogens is 1. The summed E-state index contributed by atoms with van der Waals surface area (Å²) in [6.45, 7) is 2.56. The lowest BCUT2D eigenvalue weighted by molar-refractivity contribution is 0.102. The standard InChI is InChI=1S/C25H24N2O4S2/c1-16-7-10-21(22(13-16)30-3)31-11-12-32-25-27-20-9-8-18(15-23(20)33-25)26-24(28)17-5-4-6-19(14-17)29-2/h4-10,13-15H,11-12H2,1-3H3,(H,26,28). The number of aryl methyl sites for hydroxylation is 1. The molecule has 1 amide bonds. The molecule has 0 saturated heterocycles. The average Bonchev–Trinajstić information content (AvgIpc) is 3.24. The van der Waals surface area contributed by atoms with Crippen molar-refractivity contribution in [2.75, 3.05) is 31.9 Å². The second-order valence-corrected chi connectivity index (χ2v) is 9.57. The number of carbonyl (C=O) groups is 1. The minimum Gasteiger partial charge on any atom is -0.497 e. The van der Waals surface area contributed by atoms with E-state index in [9.17, 15) is 4.79 Å². The van der Waals surface area contributed by atoms with E-state index in [0.29, 0.717) is 17.9 Å². The molecule has 6 nitrogen and oxygen atoms in total. The van der Waals surface area contributed by atoms with E-state index in [1.165, 1.54) is 0 Å². The zero-order valence-corrected chi connectivity index (χ0v) is 20.2. The predicted molar refractivity (Wildman–Crippen MR) is 135 cm³/mol. The van der Waals surface area contributed by atoms with Gasteiger partial charge in [-0.2, -0.15) is 0 Å². The van der Waals surface area contributed by atoms with Crippen LogP contribution in [0.25, 0.3) is 10.2 Å². The minimum atomic E-state index is -0.184. The van der Waals surface area contributed by atoms with Crippen LogP contribution in [0.4, 0.5) is 5.69 Å². The van der Waals surface area contributed by atoms with Gasteiger partial charge in [0.05, 0.1) is 31.0 Å². The van der Waals surface area contributed by atoms with Crippen LogP contribution in [-0.2, 0) is 0 Å². The van der Waals surface area contributed by atoms with Crippen molar-refractivity contribution in [1.82, 2.24) is 4.98 Å². The molecule has 0 spiro atoms. The van der Waals surface area contributed by atoms with Gasteiger partial charge in [0.25, 0.3) is 5.91 Å².